The SMILES string of the molecule is COC(=O)[C@H](Cc1cc(OC(=O)OC(C)(C)C)c(OC(=O)OC(C)(C)C)cc1Br)NC(=O)OC(C)(C)C. The lowest BCUT2D eigenvalue weighted by atomic mass is 10.1. The maximum atomic E-state index is 12.4. The van der Waals surface area contributed by atoms with Crippen LogP contribution < -0.4 is 14.8 Å². The standard InChI is InChI=1S/C25H36BrNO10/c1-23(2,3)35-20(29)27-16(19(28)32-10)11-14-12-17(33-21(30)36-24(4,5)6)18(13-15(14)26)34-22(31)37-25(7,8)9/h12-13,16H,11H2,1-10H3,(H,27,29)/t16-/m0/s1. The fourth-order valence-electron chi connectivity index (χ4n) is 2.62. The van der Waals surface area contributed by atoms with Gasteiger partial charge in [-0.25, -0.2) is 19.2 Å². The van der Waals surface area contributed by atoms with Crippen molar-refractivity contribution in [2.75, 3.05) is 7.11 Å². The van der Waals surface area contributed by atoms with Gasteiger partial charge in [0.05, 0.1) is 7.11 Å². The van der Waals surface area contributed by atoms with Crippen LogP contribution in [-0.4, -0.2) is 54.3 Å². The van der Waals surface area contributed by atoms with Crippen LogP contribution in [-0.2, 0) is 30.2 Å². The van der Waals surface area contributed by atoms with Gasteiger partial charge in [-0.1, -0.05) is 15.9 Å². The number of carbonyl (C=O) groups is 4. The molecule has 1 amide bonds. The first kappa shape index (κ1) is 32.0. The highest BCUT2D eigenvalue weighted by atomic mass is 79.9. The molecule has 1 N–H and O–H groups in total. The number of benzene rings is 1. The fourth-order valence-corrected chi connectivity index (χ4v) is 3.10. The molecule has 1 atom stereocenters. The van der Waals surface area contributed by atoms with Crippen molar-refractivity contribution in [1.29, 1.82) is 0 Å². The van der Waals surface area contributed by atoms with E-state index < -0.39 is 47.2 Å². The van der Waals surface area contributed by atoms with Gasteiger partial charge >= 0.3 is 24.4 Å². The van der Waals surface area contributed by atoms with Crippen LogP contribution in [0.25, 0.3) is 0 Å². The number of methoxy groups -OCH3 is 1. The molecule has 208 valence electrons. The van der Waals surface area contributed by atoms with E-state index in [0.717, 1.165) is 0 Å². The molecule has 1 aromatic carbocycles. The summed E-state index contributed by atoms with van der Waals surface area (Å²) in [5.74, 6) is -1.06. The largest absolute Gasteiger partial charge is 0.514 e. The van der Waals surface area contributed by atoms with E-state index in [1.807, 2.05) is 0 Å². The summed E-state index contributed by atoms with van der Waals surface area (Å²) in [4.78, 5) is 49.3. The molecule has 0 saturated heterocycles. The molecule has 1 aromatic rings. The lowest BCUT2D eigenvalue weighted by molar-refractivity contribution is -0.143. The highest BCUT2D eigenvalue weighted by Crippen LogP contribution is 2.35. The Hall–Kier alpha value is -3.02. The first-order valence-electron chi connectivity index (χ1n) is 11.4. The lowest BCUT2D eigenvalue weighted by Gasteiger charge is -2.23. The summed E-state index contributed by atoms with van der Waals surface area (Å²) in [5, 5.41) is 2.47. The molecule has 0 aliphatic heterocycles. The Morgan fingerprint density at radius 3 is 1.62 bits per heavy atom. The molecule has 1 rings (SSSR count). The summed E-state index contributed by atoms with van der Waals surface area (Å²) in [6.45, 7) is 15.0. The van der Waals surface area contributed by atoms with Gasteiger partial charge in [0.15, 0.2) is 11.5 Å². The number of alkyl carbamates (subject to hydrolysis) is 1. The van der Waals surface area contributed by atoms with Gasteiger partial charge in [0.2, 0.25) is 0 Å². The van der Waals surface area contributed by atoms with Crippen LogP contribution in [0.3, 0.4) is 0 Å². The number of hydrogen-bond acceptors (Lipinski definition) is 10. The third-order valence-corrected chi connectivity index (χ3v) is 4.62. The van der Waals surface area contributed by atoms with Gasteiger partial charge in [0.25, 0.3) is 0 Å². The average Bonchev–Trinajstić information content (AvgIpc) is 2.65. The Labute approximate surface area is 225 Å². The minimum atomic E-state index is -1.15. The molecular formula is C25H36BrNO10. The third-order valence-electron chi connectivity index (χ3n) is 3.88. The number of halogens is 1. The molecule has 0 aliphatic carbocycles. The number of carbonyl (C=O) groups excluding carboxylic acids is 4. The number of hydrogen-bond donors (Lipinski definition) is 1. The molecule has 0 spiro atoms. The van der Waals surface area contributed by atoms with Crippen molar-refractivity contribution < 1.29 is 47.6 Å². The highest BCUT2D eigenvalue weighted by molar-refractivity contribution is 9.10. The minimum absolute atomic E-state index is 0.0934. The predicted molar refractivity (Wildman–Crippen MR) is 137 cm³/mol. The van der Waals surface area contributed by atoms with Crippen LogP contribution in [0.1, 0.15) is 67.9 Å². The smallest absolute Gasteiger partial charge is 0.467 e. The van der Waals surface area contributed by atoms with Crippen molar-refractivity contribution in [3.63, 3.8) is 0 Å². The molecule has 0 aliphatic rings. The lowest BCUT2D eigenvalue weighted by Crippen LogP contribution is -2.45. The topological polar surface area (TPSA) is 136 Å². The van der Waals surface area contributed by atoms with Crippen molar-refractivity contribution in [3.05, 3.63) is 22.2 Å². The van der Waals surface area contributed by atoms with Crippen LogP contribution in [0.2, 0.25) is 0 Å². The maximum Gasteiger partial charge on any atom is 0.514 e. The quantitative estimate of drug-likeness (QED) is 0.250. The number of ether oxygens (including phenoxy) is 6. The van der Waals surface area contributed by atoms with Gasteiger partial charge in [0, 0.05) is 10.9 Å². The van der Waals surface area contributed by atoms with Crippen molar-refractivity contribution in [2.45, 2.75) is 91.6 Å². The van der Waals surface area contributed by atoms with Crippen molar-refractivity contribution in [3.8, 4) is 11.5 Å². The van der Waals surface area contributed by atoms with Gasteiger partial charge in [0.1, 0.15) is 22.8 Å². The zero-order valence-electron chi connectivity index (χ0n) is 22.9. The Bertz CT molecular complexity index is 1000. The molecule has 0 radical (unpaired) electrons. The second-order valence-electron chi connectivity index (χ2n) is 10.9. The minimum Gasteiger partial charge on any atom is -0.467 e. The van der Waals surface area contributed by atoms with E-state index in [1.54, 1.807) is 62.3 Å². The van der Waals surface area contributed by atoms with Crippen LogP contribution in [0.15, 0.2) is 16.6 Å². The molecule has 12 heteroatoms. The monoisotopic (exact) mass is 589 g/mol. The van der Waals surface area contributed by atoms with Crippen LogP contribution >= 0.6 is 15.9 Å². The zero-order valence-corrected chi connectivity index (χ0v) is 24.5. The van der Waals surface area contributed by atoms with Crippen molar-refractivity contribution in [2.24, 2.45) is 0 Å². The molecule has 0 saturated carbocycles. The first-order valence-corrected chi connectivity index (χ1v) is 12.2. The first-order chi connectivity index (χ1) is 16.7. The van der Waals surface area contributed by atoms with E-state index in [-0.39, 0.29) is 17.9 Å². The Balaban J connectivity index is 3.36. The number of esters is 1. The molecule has 0 heterocycles. The van der Waals surface area contributed by atoms with Gasteiger partial charge in [-0.2, -0.15) is 0 Å². The van der Waals surface area contributed by atoms with E-state index >= 15 is 0 Å². The number of amides is 1. The van der Waals surface area contributed by atoms with Crippen molar-refractivity contribution in [1.82, 2.24) is 5.32 Å². The van der Waals surface area contributed by atoms with Crippen LogP contribution in [0.5, 0.6) is 11.5 Å². The summed E-state index contributed by atoms with van der Waals surface area (Å²) in [6.07, 6.45) is -3.00. The summed E-state index contributed by atoms with van der Waals surface area (Å²) >= 11 is 3.36. The van der Waals surface area contributed by atoms with Crippen LogP contribution in [0, 0.1) is 0 Å². The van der Waals surface area contributed by atoms with E-state index in [0.29, 0.717) is 10.0 Å². The van der Waals surface area contributed by atoms with E-state index in [4.69, 9.17) is 28.4 Å². The highest BCUT2D eigenvalue weighted by Gasteiger charge is 2.28. The molecule has 0 bridgehead atoms. The van der Waals surface area contributed by atoms with Gasteiger partial charge < -0.3 is 33.7 Å². The van der Waals surface area contributed by atoms with Crippen molar-refractivity contribution >= 4 is 40.3 Å². The van der Waals surface area contributed by atoms with Gasteiger partial charge in [-0.05, 0) is 80.0 Å². The Morgan fingerprint density at radius 1 is 0.784 bits per heavy atom. The van der Waals surface area contributed by atoms with E-state index in [2.05, 4.69) is 21.2 Å². The molecule has 0 fully saturated rings. The molecule has 0 unspecified atom stereocenters. The number of nitrogens with one attached hydrogen (secondary N) is 1. The average molecular weight is 590 g/mol. The summed E-state index contributed by atoms with van der Waals surface area (Å²) < 4.78 is 31.4. The molecule has 11 nitrogen and oxygen atoms in total. The van der Waals surface area contributed by atoms with E-state index in [9.17, 15) is 19.2 Å². The number of rotatable bonds is 6. The Kier molecular flexibility index (Phi) is 10.8. The zero-order chi connectivity index (χ0) is 28.8. The van der Waals surface area contributed by atoms with Gasteiger partial charge in [-0.15, -0.1) is 0 Å². The molecule has 37 heavy (non-hydrogen) atoms. The second kappa shape index (κ2) is 12.5. The van der Waals surface area contributed by atoms with Crippen LogP contribution in [0.4, 0.5) is 14.4 Å². The fraction of sp³-hybridized carbons (Fsp3) is 0.600. The summed E-state index contributed by atoms with van der Waals surface area (Å²) in [6, 6.07) is 1.57. The predicted octanol–water partition coefficient (Wildman–Crippen LogP) is 5.69. The molecular weight excluding hydrogens is 554 g/mol. The Morgan fingerprint density at radius 2 is 1.22 bits per heavy atom. The normalized spacial score (nSPS) is 12.6. The summed E-state index contributed by atoms with van der Waals surface area (Å²) in [7, 11) is 1.18. The summed E-state index contributed by atoms with van der Waals surface area (Å²) in [5.41, 5.74) is -2.07. The third kappa shape index (κ3) is 12.7. The van der Waals surface area contributed by atoms with Gasteiger partial charge in [-0.3, -0.25) is 0 Å². The molecule has 0 aromatic heterocycles. The van der Waals surface area contributed by atoms with E-state index in [1.165, 1.54) is 19.2 Å². The maximum absolute atomic E-state index is 12.4. The second-order valence-corrected chi connectivity index (χ2v) is 11.8.